The second kappa shape index (κ2) is 7.48. The predicted octanol–water partition coefficient (Wildman–Crippen LogP) is 1.49. The SMILES string of the molecule is CC(C(=O)O)n1cc(C(=O)N2CCN(Cc3ccccc3)CC2)cn1. The van der Waals surface area contributed by atoms with Crippen LogP contribution in [0.3, 0.4) is 0 Å². The number of carboxylic acids is 1. The van der Waals surface area contributed by atoms with Crippen LogP contribution in [0.15, 0.2) is 42.7 Å². The van der Waals surface area contributed by atoms with E-state index in [1.54, 1.807) is 4.90 Å². The van der Waals surface area contributed by atoms with Crippen molar-refractivity contribution >= 4 is 11.9 Å². The number of carbonyl (C=O) groups is 2. The molecule has 1 aromatic carbocycles. The van der Waals surface area contributed by atoms with Crippen molar-refractivity contribution in [3.63, 3.8) is 0 Å². The molecular formula is C18H22N4O3. The monoisotopic (exact) mass is 342 g/mol. The summed E-state index contributed by atoms with van der Waals surface area (Å²) in [4.78, 5) is 27.7. The number of hydrogen-bond acceptors (Lipinski definition) is 4. The highest BCUT2D eigenvalue weighted by molar-refractivity contribution is 5.93. The maximum absolute atomic E-state index is 12.6. The first-order valence-electron chi connectivity index (χ1n) is 8.37. The van der Waals surface area contributed by atoms with Gasteiger partial charge < -0.3 is 10.0 Å². The molecule has 1 saturated heterocycles. The Balaban J connectivity index is 1.56. The van der Waals surface area contributed by atoms with E-state index in [4.69, 9.17) is 5.11 Å². The lowest BCUT2D eigenvalue weighted by molar-refractivity contribution is -0.140. The first kappa shape index (κ1) is 17.2. The molecule has 1 amide bonds. The molecule has 1 aliphatic rings. The van der Waals surface area contributed by atoms with Gasteiger partial charge in [-0.2, -0.15) is 5.10 Å². The second-order valence-electron chi connectivity index (χ2n) is 6.28. The van der Waals surface area contributed by atoms with Gasteiger partial charge in [-0.25, -0.2) is 4.79 Å². The van der Waals surface area contributed by atoms with E-state index in [2.05, 4.69) is 22.1 Å². The van der Waals surface area contributed by atoms with Gasteiger partial charge >= 0.3 is 5.97 Å². The Morgan fingerprint density at radius 2 is 1.84 bits per heavy atom. The fourth-order valence-corrected chi connectivity index (χ4v) is 2.91. The summed E-state index contributed by atoms with van der Waals surface area (Å²) in [6, 6.07) is 9.50. The van der Waals surface area contributed by atoms with Crippen molar-refractivity contribution in [2.45, 2.75) is 19.5 Å². The normalized spacial score (nSPS) is 16.6. The third-order valence-corrected chi connectivity index (χ3v) is 4.51. The van der Waals surface area contributed by atoms with Gasteiger partial charge in [0.25, 0.3) is 5.91 Å². The Kier molecular flexibility index (Phi) is 5.14. The zero-order chi connectivity index (χ0) is 17.8. The predicted molar refractivity (Wildman–Crippen MR) is 92.2 cm³/mol. The molecular weight excluding hydrogens is 320 g/mol. The topological polar surface area (TPSA) is 78.7 Å². The molecule has 1 N–H and O–H groups in total. The summed E-state index contributed by atoms with van der Waals surface area (Å²) < 4.78 is 1.31. The van der Waals surface area contributed by atoms with E-state index in [1.807, 2.05) is 18.2 Å². The number of aliphatic carboxylic acids is 1. The van der Waals surface area contributed by atoms with Crippen molar-refractivity contribution in [2.24, 2.45) is 0 Å². The molecule has 1 unspecified atom stereocenters. The summed E-state index contributed by atoms with van der Waals surface area (Å²) in [6.07, 6.45) is 2.95. The lowest BCUT2D eigenvalue weighted by atomic mass is 10.2. The number of rotatable bonds is 5. The largest absolute Gasteiger partial charge is 0.480 e. The molecule has 0 radical (unpaired) electrons. The van der Waals surface area contributed by atoms with Crippen LogP contribution in [0.2, 0.25) is 0 Å². The van der Waals surface area contributed by atoms with Gasteiger partial charge in [0, 0.05) is 38.9 Å². The smallest absolute Gasteiger partial charge is 0.328 e. The third-order valence-electron chi connectivity index (χ3n) is 4.51. The van der Waals surface area contributed by atoms with Crippen molar-refractivity contribution in [3.05, 3.63) is 53.9 Å². The molecule has 1 aromatic heterocycles. The van der Waals surface area contributed by atoms with Gasteiger partial charge in [-0.1, -0.05) is 30.3 Å². The molecule has 132 valence electrons. The van der Waals surface area contributed by atoms with E-state index in [0.717, 1.165) is 19.6 Å². The standard InChI is InChI=1S/C18H22N4O3/c1-14(18(24)25)22-13-16(11-19-22)17(23)21-9-7-20(8-10-21)12-15-5-3-2-4-6-15/h2-6,11,13-14H,7-10,12H2,1H3,(H,24,25). The number of carboxylic acid groups (broad SMARTS) is 1. The Hall–Kier alpha value is -2.67. The van der Waals surface area contributed by atoms with Gasteiger partial charge in [0.2, 0.25) is 0 Å². The fraction of sp³-hybridized carbons (Fsp3) is 0.389. The number of aromatic nitrogens is 2. The zero-order valence-electron chi connectivity index (χ0n) is 14.2. The van der Waals surface area contributed by atoms with E-state index in [1.165, 1.54) is 29.6 Å². The van der Waals surface area contributed by atoms with Crippen LogP contribution in [0.4, 0.5) is 0 Å². The minimum absolute atomic E-state index is 0.0943. The van der Waals surface area contributed by atoms with Crippen LogP contribution in [-0.2, 0) is 11.3 Å². The number of piperazine rings is 1. The third kappa shape index (κ3) is 4.06. The van der Waals surface area contributed by atoms with Crippen molar-refractivity contribution in [3.8, 4) is 0 Å². The van der Waals surface area contributed by atoms with Crippen molar-refractivity contribution in [1.82, 2.24) is 19.6 Å². The van der Waals surface area contributed by atoms with Crippen LogP contribution in [-0.4, -0.2) is 62.7 Å². The Bertz CT molecular complexity index is 736. The van der Waals surface area contributed by atoms with Gasteiger partial charge in [0.1, 0.15) is 6.04 Å². The van der Waals surface area contributed by atoms with Crippen molar-refractivity contribution in [1.29, 1.82) is 0 Å². The molecule has 2 aromatic rings. The molecule has 2 heterocycles. The van der Waals surface area contributed by atoms with Crippen LogP contribution < -0.4 is 0 Å². The van der Waals surface area contributed by atoms with Gasteiger partial charge in [-0.15, -0.1) is 0 Å². The summed E-state index contributed by atoms with van der Waals surface area (Å²) >= 11 is 0. The molecule has 0 saturated carbocycles. The maximum atomic E-state index is 12.6. The number of nitrogens with zero attached hydrogens (tertiary/aromatic N) is 4. The van der Waals surface area contributed by atoms with Crippen LogP contribution >= 0.6 is 0 Å². The van der Waals surface area contributed by atoms with E-state index in [0.29, 0.717) is 18.7 Å². The number of amides is 1. The van der Waals surface area contributed by atoms with Gasteiger partial charge in [0.15, 0.2) is 0 Å². The summed E-state index contributed by atoms with van der Waals surface area (Å²) in [7, 11) is 0. The lowest BCUT2D eigenvalue weighted by Gasteiger charge is -2.34. The second-order valence-corrected chi connectivity index (χ2v) is 6.28. The Morgan fingerprint density at radius 1 is 1.16 bits per heavy atom. The number of benzene rings is 1. The van der Waals surface area contributed by atoms with Crippen molar-refractivity contribution < 1.29 is 14.7 Å². The highest BCUT2D eigenvalue weighted by atomic mass is 16.4. The average molecular weight is 342 g/mol. The first-order chi connectivity index (χ1) is 12.0. The average Bonchev–Trinajstić information content (AvgIpc) is 3.12. The molecule has 1 atom stereocenters. The molecule has 1 fully saturated rings. The lowest BCUT2D eigenvalue weighted by Crippen LogP contribution is -2.48. The minimum Gasteiger partial charge on any atom is -0.480 e. The van der Waals surface area contributed by atoms with E-state index >= 15 is 0 Å². The summed E-state index contributed by atoms with van der Waals surface area (Å²) in [5.41, 5.74) is 1.70. The molecule has 0 bridgehead atoms. The molecule has 1 aliphatic heterocycles. The van der Waals surface area contributed by atoms with Crippen LogP contribution in [0.1, 0.15) is 28.9 Å². The Labute approximate surface area is 146 Å². The molecule has 0 aliphatic carbocycles. The molecule has 25 heavy (non-hydrogen) atoms. The first-order valence-corrected chi connectivity index (χ1v) is 8.37. The highest BCUT2D eigenvalue weighted by Gasteiger charge is 2.24. The van der Waals surface area contributed by atoms with E-state index in [-0.39, 0.29) is 5.91 Å². The quantitative estimate of drug-likeness (QED) is 0.891. The number of hydrogen-bond donors (Lipinski definition) is 1. The van der Waals surface area contributed by atoms with Gasteiger partial charge in [0.05, 0.1) is 11.8 Å². The number of carbonyl (C=O) groups excluding carboxylic acids is 1. The van der Waals surface area contributed by atoms with E-state index < -0.39 is 12.0 Å². The summed E-state index contributed by atoms with van der Waals surface area (Å²) in [6.45, 7) is 5.38. The summed E-state index contributed by atoms with van der Waals surface area (Å²) in [5.74, 6) is -1.07. The summed E-state index contributed by atoms with van der Waals surface area (Å²) in [5, 5.41) is 13.0. The molecule has 0 spiro atoms. The minimum atomic E-state index is -0.975. The zero-order valence-corrected chi connectivity index (χ0v) is 14.2. The fourth-order valence-electron chi connectivity index (χ4n) is 2.91. The maximum Gasteiger partial charge on any atom is 0.328 e. The van der Waals surface area contributed by atoms with E-state index in [9.17, 15) is 9.59 Å². The van der Waals surface area contributed by atoms with Crippen molar-refractivity contribution in [2.75, 3.05) is 26.2 Å². The van der Waals surface area contributed by atoms with Crippen LogP contribution in [0, 0.1) is 0 Å². The highest BCUT2D eigenvalue weighted by Crippen LogP contribution is 2.13. The molecule has 3 rings (SSSR count). The van der Waals surface area contributed by atoms with Crippen LogP contribution in [0.5, 0.6) is 0 Å². The van der Waals surface area contributed by atoms with Crippen LogP contribution in [0.25, 0.3) is 0 Å². The Morgan fingerprint density at radius 3 is 2.48 bits per heavy atom. The molecule has 7 heteroatoms. The molecule has 7 nitrogen and oxygen atoms in total. The van der Waals surface area contributed by atoms with Gasteiger partial charge in [-0.05, 0) is 12.5 Å². The van der Waals surface area contributed by atoms with Gasteiger partial charge in [-0.3, -0.25) is 14.4 Å².